The molecule has 1 aliphatic heterocycles. The van der Waals surface area contributed by atoms with E-state index in [1.165, 1.54) is 0 Å². The van der Waals surface area contributed by atoms with E-state index in [0.29, 0.717) is 24.6 Å². The van der Waals surface area contributed by atoms with Gasteiger partial charge >= 0.3 is 5.97 Å². The fourth-order valence-electron chi connectivity index (χ4n) is 5.39. The number of esters is 1. The van der Waals surface area contributed by atoms with Crippen molar-refractivity contribution >= 4 is 34.4 Å². The number of benzene rings is 2. The van der Waals surface area contributed by atoms with Crippen molar-refractivity contribution in [3.05, 3.63) is 77.0 Å². The number of allylic oxidation sites excluding steroid dienone is 1. The van der Waals surface area contributed by atoms with E-state index in [4.69, 9.17) is 14.5 Å². The minimum Gasteiger partial charge on any atom is -0.452 e. The molecule has 1 aliphatic carbocycles. The monoisotopic (exact) mass is 484 g/mol. The van der Waals surface area contributed by atoms with Gasteiger partial charge in [-0.15, -0.1) is 0 Å². The number of para-hydroxylation sites is 1. The summed E-state index contributed by atoms with van der Waals surface area (Å²) in [5, 5.41) is 0.760. The van der Waals surface area contributed by atoms with Crippen LogP contribution in [-0.4, -0.2) is 53.7 Å². The predicted octanol–water partition coefficient (Wildman–Crippen LogP) is 5.15. The number of rotatable bonds is 4. The van der Waals surface area contributed by atoms with Crippen LogP contribution in [0.25, 0.3) is 22.6 Å². The highest BCUT2D eigenvalue weighted by Gasteiger charge is 2.30. The van der Waals surface area contributed by atoms with E-state index < -0.39 is 5.97 Å². The van der Waals surface area contributed by atoms with Crippen LogP contribution in [0.4, 0.5) is 0 Å². The van der Waals surface area contributed by atoms with Gasteiger partial charge in [0.1, 0.15) is 0 Å². The van der Waals surface area contributed by atoms with Crippen LogP contribution in [0.15, 0.2) is 54.6 Å². The van der Waals surface area contributed by atoms with Gasteiger partial charge in [0.2, 0.25) is 0 Å². The summed E-state index contributed by atoms with van der Waals surface area (Å²) in [5.74, 6) is -0.323. The number of nitrogens with zero attached hydrogens (tertiary/aromatic N) is 2. The number of carbonyl (C=O) groups excluding carboxylic acids is 2. The fourth-order valence-corrected chi connectivity index (χ4v) is 5.39. The van der Waals surface area contributed by atoms with E-state index in [1.54, 1.807) is 4.90 Å². The molecule has 2 heterocycles. The minimum absolute atomic E-state index is 0.0409. The highest BCUT2D eigenvalue weighted by Crippen LogP contribution is 2.38. The Bertz CT molecular complexity index is 1310. The van der Waals surface area contributed by atoms with Crippen molar-refractivity contribution in [1.82, 2.24) is 9.88 Å². The molecule has 5 rings (SSSR count). The molecule has 36 heavy (non-hydrogen) atoms. The summed E-state index contributed by atoms with van der Waals surface area (Å²) in [6, 6.07) is 17.8. The third kappa shape index (κ3) is 5.05. The van der Waals surface area contributed by atoms with Gasteiger partial charge in [-0.2, -0.15) is 0 Å². The van der Waals surface area contributed by atoms with Crippen LogP contribution in [0.1, 0.15) is 54.4 Å². The second kappa shape index (κ2) is 10.2. The number of aromatic nitrogens is 1. The van der Waals surface area contributed by atoms with Crippen LogP contribution in [0, 0.1) is 5.92 Å². The van der Waals surface area contributed by atoms with Gasteiger partial charge in [-0.25, -0.2) is 9.78 Å². The zero-order valence-electron chi connectivity index (χ0n) is 21.1. The molecule has 0 saturated carbocycles. The van der Waals surface area contributed by atoms with E-state index in [-0.39, 0.29) is 24.7 Å². The molecule has 1 saturated heterocycles. The molecule has 0 spiro atoms. The number of pyridine rings is 1. The highest BCUT2D eigenvalue weighted by molar-refractivity contribution is 6.07. The first kappa shape index (κ1) is 24.2. The quantitative estimate of drug-likeness (QED) is 0.479. The average Bonchev–Trinajstić information content (AvgIpc) is 2.86. The van der Waals surface area contributed by atoms with Crippen molar-refractivity contribution in [2.45, 2.75) is 45.8 Å². The smallest absolute Gasteiger partial charge is 0.339 e. The van der Waals surface area contributed by atoms with Gasteiger partial charge in [-0.05, 0) is 61.4 Å². The molecule has 1 aromatic heterocycles. The molecule has 0 N–H and O–H groups in total. The molecule has 3 aromatic rings. The lowest BCUT2D eigenvalue weighted by Crippen LogP contribution is -2.49. The molecule has 0 unspecified atom stereocenters. The molecule has 0 radical (unpaired) electrons. The average molecular weight is 485 g/mol. The van der Waals surface area contributed by atoms with E-state index >= 15 is 0 Å². The predicted molar refractivity (Wildman–Crippen MR) is 140 cm³/mol. The number of amides is 1. The molecule has 3 atom stereocenters. The summed E-state index contributed by atoms with van der Waals surface area (Å²) in [7, 11) is 0. The van der Waals surface area contributed by atoms with E-state index in [0.717, 1.165) is 46.1 Å². The summed E-state index contributed by atoms with van der Waals surface area (Å²) in [6.07, 6.45) is 3.70. The minimum atomic E-state index is -0.472. The van der Waals surface area contributed by atoms with Crippen molar-refractivity contribution in [1.29, 1.82) is 0 Å². The molecule has 1 fully saturated rings. The van der Waals surface area contributed by atoms with Crippen LogP contribution in [0.2, 0.25) is 0 Å². The highest BCUT2D eigenvalue weighted by atomic mass is 16.5. The van der Waals surface area contributed by atoms with Crippen molar-refractivity contribution in [2.75, 3.05) is 19.7 Å². The Morgan fingerprint density at radius 2 is 1.69 bits per heavy atom. The summed E-state index contributed by atoms with van der Waals surface area (Å²) in [4.78, 5) is 33.1. The van der Waals surface area contributed by atoms with Crippen molar-refractivity contribution in [2.24, 2.45) is 5.92 Å². The maximum absolute atomic E-state index is 13.6. The second-order valence-electron chi connectivity index (χ2n) is 10.1. The Labute approximate surface area is 211 Å². The van der Waals surface area contributed by atoms with Gasteiger partial charge in [0, 0.05) is 18.5 Å². The fraction of sp³-hybridized carbons (Fsp3) is 0.367. The third-order valence-corrected chi connectivity index (χ3v) is 6.86. The maximum atomic E-state index is 13.6. The summed E-state index contributed by atoms with van der Waals surface area (Å²) in [5.41, 5.74) is 5.25. The van der Waals surface area contributed by atoms with Crippen LogP contribution in [0.5, 0.6) is 0 Å². The largest absolute Gasteiger partial charge is 0.452 e. The zero-order valence-corrected chi connectivity index (χ0v) is 21.1. The first-order valence-electron chi connectivity index (χ1n) is 12.7. The van der Waals surface area contributed by atoms with Gasteiger partial charge in [0.05, 0.1) is 29.0 Å². The van der Waals surface area contributed by atoms with Gasteiger partial charge < -0.3 is 14.4 Å². The first-order chi connectivity index (χ1) is 17.4. The normalized spacial score (nSPS) is 22.9. The lowest BCUT2D eigenvalue weighted by molar-refractivity contribution is -0.146. The maximum Gasteiger partial charge on any atom is 0.339 e. The molecule has 6 heteroatoms. The summed E-state index contributed by atoms with van der Waals surface area (Å²) >= 11 is 0. The van der Waals surface area contributed by atoms with Crippen LogP contribution in [-0.2, 0) is 20.7 Å². The number of hydrogen-bond donors (Lipinski definition) is 0. The molecule has 2 aliphatic rings. The molecule has 2 aromatic carbocycles. The van der Waals surface area contributed by atoms with Crippen LogP contribution in [0.3, 0.4) is 0 Å². The Hall–Kier alpha value is -3.51. The summed E-state index contributed by atoms with van der Waals surface area (Å²) in [6.45, 7) is 6.79. The number of morpholine rings is 1. The van der Waals surface area contributed by atoms with Gasteiger partial charge in [0.15, 0.2) is 6.61 Å². The van der Waals surface area contributed by atoms with Gasteiger partial charge in [-0.3, -0.25) is 4.79 Å². The molecule has 6 nitrogen and oxygen atoms in total. The number of fused-ring (bicyclic) bond motifs is 2. The summed E-state index contributed by atoms with van der Waals surface area (Å²) < 4.78 is 11.4. The lowest BCUT2D eigenvalue weighted by atomic mass is 9.80. The van der Waals surface area contributed by atoms with Gasteiger partial charge in [-0.1, -0.05) is 55.5 Å². The Balaban J connectivity index is 1.49. The van der Waals surface area contributed by atoms with Crippen LogP contribution < -0.4 is 0 Å². The first-order valence-corrected chi connectivity index (χ1v) is 12.7. The van der Waals surface area contributed by atoms with E-state index in [1.807, 2.05) is 56.3 Å². The number of ether oxygens (including phenoxy) is 2. The van der Waals surface area contributed by atoms with E-state index in [2.05, 4.69) is 25.1 Å². The van der Waals surface area contributed by atoms with Crippen molar-refractivity contribution in [3.8, 4) is 0 Å². The van der Waals surface area contributed by atoms with Crippen molar-refractivity contribution in [3.63, 3.8) is 0 Å². The Kier molecular flexibility index (Phi) is 6.88. The Morgan fingerprint density at radius 1 is 1.00 bits per heavy atom. The molecular weight excluding hydrogens is 452 g/mol. The standard InChI is InChI=1S/C30H32N2O4/c1-19-13-23(15-22-9-5-4-6-10-22)29-25(14-19)28(24-11-7-8-12-26(24)31-29)30(34)35-18-27(33)32-16-20(2)36-21(3)17-32/h4-12,15,19-21H,13-14,16-18H2,1-3H3/b23-15-/t19-,20-,21-/m1/s1. The number of hydrogen-bond acceptors (Lipinski definition) is 5. The van der Waals surface area contributed by atoms with Crippen LogP contribution >= 0.6 is 0 Å². The van der Waals surface area contributed by atoms with Crippen molar-refractivity contribution < 1.29 is 19.1 Å². The lowest BCUT2D eigenvalue weighted by Gasteiger charge is -2.35. The number of carbonyl (C=O) groups is 2. The SMILES string of the molecule is C[C@@H]1C/C(=C/c2ccccc2)c2nc3ccccc3c(C(=O)OCC(=O)N3C[C@@H](C)O[C@H](C)C3)c2C1. The second-order valence-corrected chi connectivity index (χ2v) is 10.1. The zero-order chi connectivity index (χ0) is 25.2. The van der Waals surface area contributed by atoms with E-state index in [9.17, 15) is 9.59 Å². The van der Waals surface area contributed by atoms with Gasteiger partial charge in [0.25, 0.3) is 5.91 Å². The molecule has 0 bridgehead atoms. The third-order valence-electron chi connectivity index (χ3n) is 6.86. The molecular formula is C30H32N2O4. The molecule has 186 valence electrons. The Morgan fingerprint density at radius 3 is 2.44 bits per heavy atom. The topological polar surface area (TPSA) is 68.7 Å². The molecule has 1 amide bonds.